The zero-order valence-electron chi connectivity index (χ0n) is 12.3. The molecule has 0 aliphatic carbocycles. The topological polar surface area (TPSA) is 61.7 Å². The van der Waals surface area contributed by atoms with Crippen molar-refractivity contribution >= 4 is 17.9 Å². The maximum absolute atomic E-state index is 10.9. The summed E-state index contributed by atoms with van der Waals surface area (Å²) in [6.07, 6.45) is 1.76. The number of nitrogens with zero attached hydrogens (tertiary/aromatic N) is 1. The van der Waals surface area contributed by atoms with E-state index in [1.165, 1.54) is 5.56 Å². The molecule has 0 atom stereocenters. The number of hydrogen-bond acceptors (Lipinski definition) is 3. The molecular weight excluding hydrogens is 264 g/mol. The van der Waals surface area contributed by atoms with Crippen LogP contribution in [0, 0.1) is 20.8 Å². The number of anilines is 1. The molecule has 0 saturated carbocycles. The van der Waals surface area contributed by atoms with Crippen molar-refractivity contribution in [3.63, 3.8) is 0 Å². The molecule has 0 heterocycles. The maximum atomic E-state index is 10.9. The van der Waals surface area contributed by atoms with Crippen molar-refractivity contribution < 1.29 is 9.90 Å². The Labute approximate surface area is 124 Å². The van der Waals surface area contributed by atoms with Crippen molar-refractivity contribution in [1.82, 2.24) is 0 Å². The molecule has 2 aromatic rings. The highest BCUT2D eigenvalue weighted by Gasteiger charge is 2.03. The molecule has 0 amide bonds. The quantitative estimate of drug-likeness (QED) is 0.663. The fourth-order valence-electron chi connectivity index (χ4n) is 2.29. The normalized spacial score (nSPS) is 10.8. The van der Waals surface area contributed by atoms with E-state index in [1.807, 2.05) is 13.8 Å². The average Bonchev–Trinajstić information content (AvgIpc) is 2.42. The summed E-state index contributed by atoms with van der Waals surface area (Å²) in [6, 6.07) is 10.8. The molecule has 21 heavy (non-hydrogen) atoms. The number of nitrogens with one attached hydrogen (secondary N) is 1. The zero-order valence-corrected chi connectivity index (χ0v) is 12.3. The van der Waals surface area contributed by atoms with E-state index in [4.69, 9.17) is 5.11 Å². The van der Waals surface area contributed by atoms with Crippen LogP contribution in [0.3, 0.4) is 0 Å². The molecule has 0 unspecified atom stereocenters. The van der Waals surface area contributed by atoms with Crippen LogP contribution in [0.4, 0.5) is 5.69 Å². The van der Waals surface area contributed by atoms with Gasteiger partial charge in [-0.05, 0) is 50.1 Å². The highest BCUT2D eigenvalue weighted by atomic mass is 16.4. The number of aromatic carboxylic acids is 1. The van der Waals surface area contributed by atoms with Gasteiger partial charge in [-0.25, -0.2) is 4.79 Å². The van der Waals surface area contributed by atoms with E-state index in [9.17, 15) is 4.79 Å². The smallest absolute Gasteiger partial charge is 0.335 e. The van der Waals surface area contributed by atoms with Crippen LogP contribution in [0.1, 0.15) is 32.6 Å². The summed E-state index contributed by atoms with van der Waals surface area (Å²) in [7, 11) is 0. The second-order valence-electron chi connectivity index (χ2n) is 5.07. The summed E-state index contributed by atoms with van der Waals surface area (Å²) in [4.78, 5) is 10.9. The van der Waals surface area contributed by atoms with Gasteiger partial charge in [0.05, 0.1) is 17.5 Å². The molecule has 0 aliphatic heterocycles. The van der Waals surface area contributed by atoms with E-state index >= 15 is 0 Å². The Hall–Kier alpha value is -2.62. The molecule has 2 aromatic carbocycles. The summed E-state index contributed by atoms with van der Waals surface area (Å²) in [5.41, 5.74) is 8.37. The van der Waals surface area contributed by atoms with E-state index in [2.05, 4.69) is 29.6 Å². The lowest BCUT2D eigenvalue weighted by molar-refractivity contribution is 0.0697. The number of aryl methyl sites for hydroxylation is 3. The summed E-state index contributed by atoms with van der Waals surface area (Å²) >= 11 is 0. The molecule has 2 rings (SSSR count). The van der Waals surface area contributed by atoms with Gasteiger partial charge in [-0.1, -0.05) is 23.8 Å². The van der Waals surface area contributed by atoms with Gasteiger partial charge in [-0.2, -0.15) is 5.10 Å². The monoisotopic (exact) mass is 282 g/mol. The largest absolute Gasteiger partial charge is 0.478 e. The van der Waals surface area contributed by atoms with Crippen LogP contribution in [0.5, 0.6) is 0 Å². The third-order valence-corrected chi connectivity index (χ3v) is 3.23. The van der Waals surface area contributed by atoms with E-state index in [0.29, 0.717) is 5.69 Å². The maximum Gasteiger partial charge on any atom is 0.335 e. The number of benzene rings is 2. The predicted molar refractivity (Wildman–Crippen MR) is 85.3 cm³/mol. The highest BCUT2D eigenvalue weighted by molar-refractivity contribution is 5.89. The highest BCUT2D eigenvalue weighted by Crippen LogP contribution is 2.15. The van der Waals surface area contributed by atoms with Crippen molar-refractivity contribution in [2.75, 3.05) is 5.43 Å². The Morgan fingerprint density at radius 1 is 1.14 bits per heavy atom. The van der Waals surface area contributed by atoms with Gasteiger partial charge >= 0.3 is 5.97 Å². The summed E-state index contributed by atoms with van der Waals surface area (Å²) in [5.74, 6) is -0.951. The Bertz CT molecular complexity index is 683. The fourth-order valence-corrected chi connectivity index (χ4v) is 2.29. The minimum atomic E-state index is -0.951. The van der Waals surface area contributed by atoms with Crippen LogP contribution in [0.2, 0.25) is 0 Å². The SMILES string of the molecule is Cc1cc(C)c(/C=N/Nc2cccc(C(=O)O)c2)c(C)c1. The zero-order chi connectivity index (χ0) is 15.4. The molecule has 0 fully saturated rings. The van der Waals surface area contributed by atoms with Crippen molar-refractivity contribution in [3.8, 4) is 0 Å². The molecule has 4 heteroatoms. The van der Waals surface area contributed by atoms with Crippen LogP contribution in [-0.2, 0) is 0 Å². The minimum absolute atomic E-state index is 0.234. The molecule has 0 radical (unpaired) electrons. The fraction of sp³-hybridized carbons (Fsp3) is 0.176. The van der Waals surface area contributed by atoms with E-state index in [-0.39, 0.29) is 5.56 Å². The number of carboxylic acids is 1. The molecule has 0 spiro atoms. The predicted octanol–water partition coefficient (Wildman–Crippen LogP) is 3.76. The van der Waals surface area contributed by atoms with Gasteiger partial charge in [0, 0.05) is 5.56 Å². The lowest BCUT2D eigenvalue weighted by atomic mass is 10.0. The minimum Gasteiger partial charge on any atom is -0.478 e. The lowest BCUT2D eigenvalue weighted by Gasteiger charge is -2.07. The molecule has 0 aromatic heterocycles. The second-order valence-corrected chi connectivity index (χ2v) is 5.07. The molecule has 0 bridgehead atoms. The number of rotatable bonds is 4. The Kier molecular flexibility index (Phi) is 4.38. The first kappa shape index (κ1) is 14.8. The van der Waals surface area contributed by atoms with E-state index in [1.54, 1.807) is 30.5 Å². The first-order valence-corrected chi connectivity index (χ1v) is 6.67. The third-order valence-electron chi connectivity index (χ3n) is 3.23. The summed E-state index contributed by atoms with van der Waals surface area (Å²) in [5, 5.41) is 13.1. The standard InChI is InChI=1S/C17H18N2O2/c1-11-7-12(2)16(13(3)8-11)10-18-19-15-6-4-5-14(9-15)17(20)21/h4-10,19H,1-3H3,(H,20,21)/b18-10+. The van der Waals surface area contributed by atoms with Crippen LogP contribution >= 0.6 is 0 Å². The van der Waals surface area contributed by atoms with Gasteiger partial charge < -0.3 is 5.11 Å². The lowest BCUT2D eigenvalue weighted by Crippen LogP contribution is -1.99. The second kappa shape index (κ2) is 6.22. The van der Waals surface area contributed by atoms with Gasteiger partial charge in [-0.15, -0.1) is 0 Å². The van der Waals surface area contributed by atoms with Gasteiger partial charge in [0.2, 0.25) is 0 Å². The van der Waals surface area contributed by atoms with Crippen molar-refractivity contribution in [1.29, 1.82) is 0 Å². The van der Waals surface area contributed by atoms with E-state index in [0.717, 1.165) is 16.7 Å². The Morgan fingerprint density at radius 2 is 1.81 bits per heavy atom. The van der Waals surface area contributed by atoms with Gasteiger partial charge in [-0.3, -0.25) is 5.43 Å². The Morgan fingerprint density at radius 3 is 2.43 bits per heavy atom. The molecule has 0 aliphatic rings. The number of hydrazone groups is 1. The number of carbonyl (C=O) groups is 1. The van der Waals surface area contributed by atoms with Crippen LogP contribution in [0.25, 0.3) is 0 Å². The molecule has 108 valence electrons. The first-order chi connectivity index (χ1) is 9.97. The number of hydrogen-bond donors (Lipinski definition) is 2. The average molecular weight is 282 g/mol. The summed E-state index contributed by atoms with van der Waals surface area (Å²) in [6.45, 7) is 6.16. The molecule has 2 N–H and O–H groups in total. The third kappa shape index (κ3) is 3.69. The molecular formula is C17H18N2O2. The van der Waals surface area contributed by atoms with Crippen LogP contribution < -0.4 is 5.43 Å². The summed E-state index contributed by atoms with van der Waals surface area (Å²) < 4.78 is 0. The van der Waals surface area contributed by atoms with Gasteiger partial charge in [0.25, 0.3) is 0 Å². The van der Waals surface area contributed by atoms with Crippen molar-refractivity contribution in [3.05, 3.63) is 64.2 Å². The van der Waals surface area contributed by atoms with Gasteiger partial charge in [0.15, 0.2) is 0 Å². The first-order valence-electron chi connectivity index (χ1n) is 6.67. The van der Waals surface area contributed by atoms with Crippen molar-refractivity contribution in [2.24, 2.45) is 5.10 Å². The molecule has 0 saturated heterocycles. The van der Waals surface area contributed by atoms with Gasteiger partial charge in [0.1, 0.15) is 0 Å². The van der Waals surface area contributed by atoms with E-state index < -0.39 is 5.97 Å². The van der Waals surface area contributed by atoms with Crippen LogP contribution in [-0.4, -0.2) is 17.3 Å². The Balaban J connectivity index is 2.16. The van der Waals surface area contributed by atoms with Crippen LogP contribution in [0.15, 0.2) is 41.5 Å². The molecule has 4 nitrogen and oxygen atoms in total. The number of carboxylic acid groups (broad SMARTS) is 1. The van der Waals surface area contributed by atoms with Crippen molar-refractivity contribution in [2.45, 2.75) is 20.8 Å².